The van der Waals surface area contributed by atoms with Crippen LogP contribution in [-0.4, -0.2) is 27.4 Å². The van der Waals surface area contributed by atoms with Gasteiger partial charge in [0.05, 0.1) is 6.61 Å². The van der Waals surface area contributed by atoms with Gasteiger partial charge < -0.3 is 9.84 Å². The van der Waals surface area contributed by atoms with Crippen LogP contribution in [0.2, 0.25) is 0 Å². The molecule has 0 aliphatic rings. The van der Waals surface area contributed by atoms with Crippen LogP contribution in [0.4, 0.5) is 0 Å². The fourth-order valence-corrected chi connectivity index (χ4v) is 6.87. The molecule has 3 rings (SSSR count). The van der Waals surface area contributed by atoms with Crippen molar-refractivity contribution in [2.24, 2.45) is 0 Å². The number of aromatic hydroxyl groups is 1. The number of benzene rings is 3. The van der Waals surface area contributed by atoms with Crippen LogP contribution in [-0.2, 0) is 10.8 Å². The summed E-state index contributed by atoms with van der Waals surface area (Å²) in [6.07, 6.45) is 17.0. The number of unbranched alkanes of at least 4 members (excludes halogenated alkanes) is 11. The lowest BCUT2D eigenvalue weighted by Gasteiger charge is -2.17. The first-order valence-corrected chi connectivity index (χ1v) is 18.3. The van der Waals surface area contributed by atoms with Crippen molar-refractivity contribution in [1.29, 1.82) is 0 Å². The Kier molecular flexibility index (Phi) is 16.9. The number of phenolic OH excluding ortho intramolecular Hbond substituents is 1. The molecule has 1 N–H and O–H groups in total. The molecule has 43 heavy (non-hydrogen) atoms. The summed E-state index contributed by atoms with van der Waals surface area (Å²) < 4.78 is 18.0. The van der Waals surface area contributed by atoms with Crippen LogP contribution in [0.5, 0.6) is 11.5 Å². The standard InChI is InChI=1S/C39H54O3S/c1-3-5-18-31-43(41)32-19-13-11-9-7-6-8-10-12-17-30-42-37-28-24-35(25-29-37)39(34-22-26-36(40)27-23-34)38(4-2)33-20-15-14-16-21-33/h14-16,20-29,40H,3-13,17-19,30-32H2,1-2H3/b39-38+. The molecule has 0 aliphatic carbocycles. The Morgan fingerprint density at radius 3 is 1.67 bits per heavy atom. The molecule has 0 saturated heterocycles. The van der Waals surface area contributed by atoms with E-state index < -0.39 is 10.8 Å². The predicted molar refractivity (Wildman–Crippen MR) is 186 cm³/mol. The maximum absolute atomic E-state index is 11.9. The molecule has 1 atom stereocenters. The number of rotatable bonds is 22. The maximum atomic E-state index is 11.9. The van der Waals surface area contributed by atoms with Crippen LogP contribution < -0.4 is 4.74 Å². The summed E-state index contributed by atoms with van der Waals surface area (Å²) in [6, 6.07) is 26.5. The van der Waals surface area contributed by atoms with Gasteiger partial charge in [0.25, 0.3) is 0 Å². The number of hydrogen-bond donors (Lipinski definition) is 1. The van der Waals surface area contributed by atoms with Crippen molar-refractivity contribution in [2.45, 2.75) is 104 Å². The summed E-state index contributed by atoms with van der Waals surface area (Å²) in [6.45, 7) is 5.15. The summed E-state index contributed by atoms with van der Waals surface area (Å²) in [5.41, 5.74) is 5.94. The van der Waals surface area contributed by atoms with Gasteiger partial charge >= 0.3 is 0 Å². The molecule has 0 aromatic heterocycles. The molecule has 3 nitrogen and oxygen atoms in total. The van der Waals surface area contributed by atoms with Crippen LogP contribution in [0, 0.1) is 0 Å². The first kappa shape index (κ1) is 34.6. The van der Waals surface area contributed by atoms with Crippen molar-refractivity contribution in [3.05, 3.63) is 95.6 Å². The molecule has 4 heteroatoms. The topological polar surface area (TPSA) is 46.5 Å². The summed E-state index contributed by atoms with van der Waals surface area (Å²) in [5, 5.41) is 9.87. The lowest BCUT2D eigenvalue weighted by Crippen LogP contribution is -2.02. The zero-order valence-electron chi connectivity index (χ0n) is 26.7. The molecular formula is C39H54O3S. The largest absolute Gasteiger partial charge is 0.508 e. The Labute approximate surface area is 264 Å². The highest BCUT2D eigenvalue weighted by atomic mass is 32.2. The minimum atomic E-state index is -0.588. The highest BCUT2D eigenvalue weighted by Crippen LogP contribution is 2.35. The number of allylic oxidation sites excluding steroid dienone is 1. The van der Waals surface area contributed by atoms with Crippen molar-refractivity contribution in [3.63, 3.8) is 0 Å². The van der Waals surface area contributed by atoms with E-state index in [-0.39, 0.29) is 5.75 Å². The molecule has 0 saturated carbocycles. The third-order valence-corrected chi connectivity index (χ3v) is 9.58. The highest BCUT2D eigenvalue weighted by Gasteiger charge is 2.13. The fourth-order valence-electron chi connectivity index (χ4n) is 5.61. The summed E-state index contributed by atoms with van der Waals surface area (Å²) in [5.74, 6) is 3.00. The Hall–Kier alpha value is -2.85. The van der Waals surface area contributed by atoms with Gasteiger partial charge in [-0.25, -0.2) is 0 Å². The molecular weight excluding hydrogens is 548 g/mol. The van der Waals surface area contributed by atoms with E-state index in [0.29, 0.717) is 0 Å². The molecule has 0 aliphatic heterocycles. The highest BCUT2D eigenvalue weighted by molar-refractivity contribution is 7.84. The molecule has 3 aromatic rings. The van der Waals surface area contributed by atoms with E-state index in [1.165, 1.54) is 80.9 Å². The Bertz CT molecular complexity index is 1200. The summed E-state index contributed by atoms with van der Waals surface area (Å²) >= 11 is 0. The molecule has 0 amide bonds. The first-order valence-electron chi connectivity index (χ1n) is 16.8. The normalized spacial score (nSPS) is 12.6. The third-order valence-electron chi connectivity index (χ3n) is 8.09. The first-order chi connectivity index (χ1) is 21.1. The molecule has 0 spiro atoms. The Morgan fingerprint density at radius 2 is 1.12 bits per heavy atom. The van der Waals surface area contributed by atoms with Gasteiger partial charge in [-0.2, -0.15) is 0 Å². The van der Waals surface area contributed by atoms with Gasteiger partial charge in [0.1, 0.15) is 11.5 Å². The van der Waals surface area contributed by atoms with Crippen molar-refractivity contribution in [1.82, 2.24) is 0 Å². The van der Waals surface area contributed by atoms with E-state index in [1.807, 2.05) is 12.1 Å². The number of hydrogen-bond acceptors (Lipinski definition) is 3. The lowest BCUT2D eigenvalue weighted by molar-refractivity contribution is 0.304. The minimum Gasteiger partial charge on any atom is -0.508 e. The zero-order chi connectivity index (χ0) is 30.5. The predicted octanol–water partition coefficient (Wildman–Crippen LogP) is 11.0. The molecule has 3 aromatic carbocycles. The molecule has 0 fully saturated rings. The second-order valence-corrected chi connectivity index (χ2v) is 13.3. The lowest BCUT2D eigenvalue weighted by atomic mass is 9.88. The second-order valence-electron chi connectivity index (χ2n) is 11.6. The van der Waals surface area contributed by atoms with E-state index in [9.17, 15) is 9.32 Å². The SMILES string of the molecule is CCCCCS(=O)CCCCCCCCCCCCOc1ccc(/C(=C(\CC)c2ccccc2)c2ccc(O)cc2)cc1. The summed E-state index contributed by atoms with van der Waals surface area (Å²) in [7, 11) is -0.588. The third kappa shape index (κ3) is 13.1. The van der Waals surface area contributed by atoms with E-state index in [2.05, 4.69) is 68.4 Å². The average molecular weight is 603 g/mol. The smallest absolute Gasteiger partial charge is 0.119 e. The molecule has 0 heterocycles. The van der Waals surface area contributed by atoms with Gasteiger partial charge in [-0.3, -0.25) is 4.21 Å². The van der Waals surface area contributed by atoms with Crippen molar-refractivity contribution < 1.29 is 14.1 Å². The van der Waals surface area contributed by atoms with Gasteiger partial charge in [-0.05, 0) is 77.8 Å². The van der Waals surface area contributed by atoms with Crippen molar-refractivity contribution >= 4 is 21.9 Å². The molecule has 1 unspecified atom stereocenters. The van der Waals surface area contributed by atoms with Gasteiger partial charge in [0, 0.05) is 22.3 Å². The quantitative estimate of drug-likeness (QED) is 0.0919. The van der Waals surface area contributed by atoms with E-state index >= 15 is 0 Å². The van der Waals surface area contributed by atoms with Gasteiger partial charge in [-0.1, -0.05) is 133 Å². The van der Waals surface area contributed by atoms with E-state index in [4.69, 9.17) is 4.74 Å². The van der Waals surface area contributed by atoms with Crippen LogP contribution in [0.3, 0.4) is 0 Å². The Balaban J connectivity index is 1.35. The van der Waals surface area contributed by atoms with E-state index in [1.54, 1.807) is 12.1 Å². The van der Waals surface area contributed by atoms with Crippen LogP contribution in [0.15, 0.2) is 78.9 Å². The van der Waals surface area contributed by atoms with Crippen molar-refractivity contribution in [2.75, 3.05) is 18.1 Å². The minimum absolute atomic E-state index is 0.277. The Morgan fingerprint density at radius 1 is 0.605 bits per heavy atom. The molecule has 0 radical (unpaired) electrons. The van der Waals surface area contributed by atoms with Gasteiger partial charge in [0.2, 0.25) is 0 Å². The van der Waals surface area contributed by atoms with E-state index in [0.717, 1.165) is 60.7 Å². The van der Waals surface area contributed by atoms with Crippen LogP contribution in [0.1, 0.15) is 120 Å². The molecule has 234 valence electrons. The van der Waals surface area contributed by atoms with Crippen molar-refractivity contribution in [3.8, 4) is 11.5 Å². The average Bonchev–Trinajstić information content (AvgIpc) is 3.03. The summed E-state index contributed by atoms with van der Waals surface area (Å²) in [4.78, 5) is 0. The zero-order valence-corrected chi connectivity index (χ0v) is 27.5. The monoisotopic (exact) mass is 602 g/mol. The van der Waals surface area contributed by atoms with Crippen LogP contribution in [0.25, 0.3) is 11.1 Å². The van der Waals surface area contributed by atoms with Gasteiger partial charge in [-0.15, -0.1) is 0 Å². The number of phenols is 1. The second kappa shape index (κ2) is 21.0. The van der Waals surface area contributed by atoms with Crippen LogP contribution >= 0.6 is 0 Å². The van der Waals surface area contributed by atoms with Gasteiger partial charge in [0.15, 0.2) is 0 Å². The maximum Gasteiger partial charge on any atom is 0.119 e. The number of ether oxygens (including phenoxy) is 1. The fraction of sp³-hybridized carbons (Fsp3) is 0.487. The molecule has 0 bridgehead atoms.